The zero-order chi connectivity index (χ0) is 12.2. The SMILES string of the molecule is CCCN(C)C(C)(C(=O)O)c1cccnc1. The Balaban J connectivity index is 3.12. The Labute approximate surface area is 95.9 Å². The number of nitrogens with zero attached hydrogens (tertiary/aromatic N) is 2. The summed E-state index contributed by atoms with van der Waals surface area (Å²) >= 11 is 0. The molecule has 0 spiro atoms. The number of pyridine rings is 1. The third-order valence-corrected chi connectivity index (χ3v) is 2.96. The van der Waals surface area contributed by atoms with Crippen LogP contribution < -0.4 is 0 Å². The van der Waals surface area contributed by atoms with Crippen LogP contribution >= 0.6 is 0 Å². The van der Waals surface area contributed by atoms with E-state index in [0.717, 1.165) is 13.0 Å². The molecule has 1 rings (SSSR count). The summed E-state index contributed by atoms with van der Waals surface area (Å²) in [5.74, 6) is -0.851. The van der Waals surface area contributed by atoms with Crippen LogP contribution in [0.5, 0.6) is 0 Å². The summed E-state index contributed by atoms with van der Waals surface area (Å²) in [5.41, 5.74) is -0.303. The molecular weight excluding hydrogens is 204 g/mol. The number of aromatic nitrogens is 1. The lowest BCUT2D eigenvalue weighted by Crippen LogP contribution is -2.48. The second kappa shape index (κ2) is 5.07. The van der Waals surface area contributed by atoms with Crippen LogP contribution in [0.3, 0.4) is 0 Å². The van der Waals surface area contributed by atoms with Crippen LogP contribution in [-0.2, 0) is 10.3 Å². The molecule has 4 nitrogen and oxygen atoms in total. The average Bonchev–Trinajstić information content (AvgIpc) is 2.29. The van der Waals surface area contributed by atoms with Crippen LogP contribution in [0, 0.1) is 0 Å². The highest BCUT2D eigenvalue weighted by Gasteiger charge is 2.39. The molecule has 0 aromatic carbocycles. The molecule has 16 heavy (non-hydrogen) atoms. The van der Waals surface area contributed by atoms with Crippen molar-refractivity contribution in [3.63, 3.8) is 0 Å². The van der Waals surface area contributed by atoms with Gasteiger partial charge in [-0.05, 0) is 33.0 Å². The molecule has 4 heteroatoms. The Morgan fingerprint density at radius 1 is 1.62 bits per heavy atom. The fourth-order valence-electron chi connectivity index (χ4n) is 1.72. The number of hydrogen-bond donors (Lipinski definition) is 1. The van der Waals surface area contributed by atoms with Gasteiger partial charge in [0.15, 0.2) is 0 Å². The van der Waals surface area contributed by atoms with Crippen LogP contribution in [0.2, 0.25) is 0 Å². The Morgan fingerprint density at radius 3 is 2.75 bits per heavy atom. The molecule has 0 amide bonds. The summed E-state index contributed by atoms with van der Waals surface area (Å²) in [6.07, 6.45) is 4.17. The zero-order valence-electron chi connectivity index (χ0n) is 9.97. The summed E-state index contributed by atoms with van der Waals surface area (Å²) in [5, 5.41) is 9.41. The lowest BCUT2D eigenvalue weighted by molar-refractivity contribution is -0.150. The van der Waals surface area contributed by atoms with Crippen molar-refractivity contribution in [3.8, 4) is 0 Å². The van der Waals surface area contributed by atoms with Crippen LogP contribution in [0.25, 0.3) is 0 Å². The van der Waals surface area contributed by atoms with Gasteiger partial charge < -0.3 is 5.11 Å². The molecule has 1 N–H and O–H groups in total. The second-order valence-electron chi connectivity index (χ2n) is 4.04. The topological polar surface area (TPSA) is 53.4 Å². The second-order valence-corrected chi connectivity index (χ2v) is 4.04. The van der Waals surface area contributed by atoms with E-state index >= 15 is 0 Å². The van der Waals surface area contributed by atoms with Gasteiger partial charge in [0.1, 0.15) is 5.54 Å². The first-order valence-electron chi connectivity index (χ1n) is 5.38. The van der Waals surface area contributed by atoms with Crippen molar-refractivity contribution in [2.24, 2.45) is 0 Å². The number of hydrogen-bond acceptors (Lipinski definition) is 3. The number of carboxylic acid groups (broad SMARTS) is 1. The predicted octanol–water partition coefficient (Wildman–Crippen LogP) is 1.72. The molecule has 1 unspecified atom stereocenters. The van der Waals surface area contributed by atoms with E-state index in [1.807, 2.05) is 18.9 Å². The summed E-state index contributed by atoms with van der Waals surface area (Å²) < 4.78 is 0. The third-order valence-electron chi connectivity index (χ3n) is 2.96. The first-order valence-corrected chi connectivity index (χ1v) is 5.38. The maximum Gasteiger partial charge on any atom is 0.328 e. The molecule has 0 aliphatic carbocycles. The van der Waals surface area contributed by atoms with Gasteiger partial charge in [0.2, 0.25) is 0 Å². The monoisotopic (exact) mass is 222 g/mol. The minimum atomic E-state index is -1.01. The van der Waals surface area contributed by atoms with Gasteiger partial charge in [-0.15, -0.1) is 0 Å². The van der Waals surface area contributed by atoms with Gasteiger partial charge in [0, 0.05) is 18.0 Å². The largest absolute Gasteiger partial charge is 0.480 e. The highest BCUT2D eigenvalue weighted by atomic mass is 16.4. The molecule has 0 radical (unpaired) electrons. The van der Waals surface area contributed by atoms with E-state index in [-0.39, 0.29) is 0 Å². The van der Waals surface area contributed by atoms with E-state index in [9.17, 15) is 9.90 Å². The van der Waals surface area contributed by atoms with Crippen molar-refractivity contribution in [1.82, 2.24) is 9.88 Å². The quantitative estimate of drug-likeness (QED) is 0.824. The van der Waals surface area contributed by atoms with E-state index < -0.39 is 11.5 Å². The lowest BCUT2D eigenvalue weighted by atomic mass is 9.91. The molecule has 1 heterocycles. The Bertz CT molecular complexity index is 353. The molecule has 0 saturated heterocycles. The predicted molar refractivity (Wildman–Crippen MR) is 62.1 cm³/mol. The van der Waals surface area contributed by atoms with Crippen LogP contribution in [-0.4, -0.2) is 34.6 Å². The van der Waals surface area contributed by atoms with Crippen molar-refractivity contribution in [3.05, 3.63) is 30.1 Å². The van der Waals surface area contributed by atoms with Crippen LogP contribution in [0.15, 0.2) is 24.5 Å². The van der Waals surface area contributed by atoms with E-state index in [4.69, 9.17) is 0 Å². The maximum absolute atomic E-state index is 11.5. The fourth-order valence-corrected chi connectivity index (χ4v) is 1.72. The highest BCUT2D eigenvalue weighted by Crippen LogP contribution is 2.26. The first kappa shape index (κ1) is 12.6. The average molecular weight is 222 g/mol. The van der Waals surface area contributed by atoms with Crippen molar-refractivity contribution >= 4 is 5.97 Å². The van der Waals surface area contributed by atoms with Gasteiger partial charge in [-0.25, -0.2) is 4.79 Å². The summed E-state index contributed by atoms with van der Waals surface area (Å²) in [6, 6.07) is 3.56. The van der Waals surface area contributed by atoms with E-state index in [2.05, 4.69) is 4.98 Å². The summed E-state index contributed by atoms with van der Waals surface area (Å²) in [6.45, 7) is 4.47. The number of carboxylic acids is 1. The van der Waals surface area contributed by atoms with Crippen molar-refractivity contribution < 1.29 is 9.90 Å². The Morgan fingerprint density at radius 2 is 2.31 bits per heavy atom. The number of rotatable bonds is 5. The number of likely N-dealkylation sites (N-methyl/N-ethyl adjacent to an activating group) is 1. The van der Waals surface area contributed by atoms with E-state index in [0.29, 0.717) is 5.56 Å². The van der Waals surface area contributed by atoms with Crippen LogP contribution in [0.4, 0.5) is 0 Å². The molecule has 1 aromatic heterocycles. The number of carbonyl (C=O) groups is 1. The minimum Gasteiger partial charge on any atom is -0.480 e. The molecule has 0 aliphatic rings. The van der Waals surface area contributed by atoms with Crippen molar-refractivity contribution in [1.29, 1.82) is 0 Å². The molecule has 1 atom stereocenters. The highest BCUT2D eigenvalue weighted by molar-refractivity contribution is 5.80. The maximum atomic E-state index is 11.5. The van der Waals surface area contributed by atoms with Crippen molar-refractivity contribution in [2.75, 3.05) is 13.6 Å². The molecule has 0 saturated carbocycles. The molecule has 0 aliphatic heterocycles. The fraction of sp³-hybridized carbons (Fsp3) is 0.500. The Hall–Kier alpha value is -1.42. The van der Waals surface area contributed by atoms with Gasteiger partial charge in [-0.2, -0.15) is 0 Å². The van der Waals surface area contributed by atoms with Gasteiger partial charge >= 0.3 is 5.97 Å². The van der Waals surface area contributed by atoms with Gasteiger partial charge in [0.05, 0.1) is 0 Å². The normalized spacial score (nSPS) is 14.8. The molecule has 0 fully saturated rings. The first-order chi connectivity index (χ1) is 7.53. The summed E-state index contributed by atoms with van der Waals surface area (Å²) in [7, 11) is 1.82. The van der Waals surface area contributed by atoms with Gasteiger partial charge in [-0.1, -0.05) is 13.0 Å². The summed E-state index contributed by atoms with van der Waals surface area (Å²) in [4.78, 5) is 17.3. The van der Waals surface area contributed by atoms with E-state index in [1.54, 1.807) is 31.5 Å². The van der Waals surface area contributed by atoms with E-state index in [1.165, 1.54) is 0 Å². The molecule has 1 aromatic rings. The zero-order valence-corrected chi connectivity index (χ0v) is 9.97. The van der Waals surface area contributed by atoms with Gasteiger partial charge in [-0.3, -0.25) is 9.88 Å². The van der Waals surface area contributed by atoms with Crippen LogP contribution in [0.1, 0.15) is 25.8 Å². The smallest absolute Gasteiger partial charge is 0.328 e. The third kappa shape index (κ3) is 2.22. The van der Waals surface area contributed by atoms with Gasteiger partial charge in [0.25, 0.3) is 0 Å². The number of aliphatic carboxylic acids is 1. The molecule has 0 bridgehead atoms. The van der Waals surface area contributed by atoms with Crippen molar-refractivity contribution in [2.45, 2.75) is 25.8 Å². The molecular formula is C12H18N2O2. The molecule has 88 valence electrons. The lowest BCUT2D eigenvalue weighted by Gasteiger charge is -2.35. The minimum absolute atomic E-state index is 0.707. The standard InChI is InChI=1S/C12H18N2O2/c1-4-8-14(3)12(2,11(15)16)10-6-5-7-13-9-10/h5-7,9H,4,8H2,1-3H3,(H,15,16). The Kier molecular flexibility index (Phi) is 4.01.